The Balaban J connectivity index is 1.24. The number of hydrogen-bond acceptors (Lipinski definition) is 2. The van der Waals surface area contributed by atoms with Crippen LogP contribution in [0.2, 0.25) is 0 Å². The Morgan fingerprint density at radius 1 is 0.792 bits per heavy atom. The zero-order chi connectivity index (χ0) is 16.5. The van der Waals surface area contributed by atoms with Gasteiger partial charge in [-0.05, 0) is 87.5 Å². The summed E-state index contributed by atoms with van der Waals surface area (Å²) in [5.74, 6) is 3.32. The molecule has 0 spiro atoms. The lowest BCUT2D eigenvalue weighted by molar-refractivity contribution is -0.176. The maximum atomic E-state index is 11.0. The van der Waals surface area contributed by atoms with Gasteiger partial charge in [0.15, 0.2) is 0 Å². The highest BCUT2D eigenvalue weighted by molar-refractivity contribution is 5.75. The first kappa shape index (κ1) is 16.2. The van der Waals surface area contributed by atoms with E-state index in [2.05, 4.69) is 31.2 Å². The molecular formula is C22H30O2. The molecule has 0 bridgehead atoms. The molecule has 2 nitrogen and oxygen atoms in total. The SMILES string of the molecule is Cc1ccc(C2CCC(C3CCC(C4CC(=O)O4)CC3)CC2)cc1. The van der Waals surface area contributed by atoms with E-state index in [9.17, 15) is 4.79 Å². The van der Waals surface area contributed by atoms with Crippen molar-refractivity contribution in [3.8, 4) is 0 Å². The number of rotatable bonds is 3. The van der Waals surface area contributed by atoms with Crippen LogP contribution in [0, 0.1) is 24.7 Å². The van der Waals surface area contributed by atoms with Crippen molar-refractivity contribution in [3.05, 3.63) is 35.4 Å². The van der Waals surface area contributed by atoms with Gasteiger partial charge in [-0.15, -0.1) is 0 Å². The van der Waals surface area contributed by atoms with E-state index in [1.54, 1.807) is 5.56 Å². The van der Waals surface area contributed by atoms with Gasteiger partial charge in [0.2, 0.25) is 0 Å². The third-order valence-electron chi connectivity index (χ3n) is 6.98. The summed E-state index contributed by atoms with van der Waals surface area (Å²) >= 11 is 0. The molecule has 1 aromatic rings. The van der Waals surface area contributed by atoms with E-state index in [-0.39, 0.29) is 12.1 Å². The number of carbonyl (C=O) groups is 1. The Morgan fingerprint density at radius 3 is 1.83 bits per heavy atom. The van der Waals surface area contributed by atoms with Crippen LogP contribution in [0.15, 0.2) is 24.3 Å². The first-order chi connectivity index (χ1) is 11.7. The normalized spacial score (nSPS) is 36.7. The minimum absolute atomic E-state index is 0.0107. The van der Waals surface area contributed by atoms with E-state index in [1.165, 1.54) is 56.9 Å². The van der Waals surface area contributed by atoms with Gasteiger partial charge in [0, 0.05) is 0 Å². The molecule has 1 atom stereocenters. The summed E-state index contributed by atoms with van der Waals surface area (Å²) in [4.78, 5) is 11.0. The van der Waals surface area contributed by atoms with Crippen LogP contribution in [0.4, 0.5) is 0 Å². The van der Waals surface area contributed by atoms with Crippen LogP contribution in [0.5, 0.6) is 0 Å². The van der Waals surface area contributed by atoms with Gasteiger partial charge in [-0.2, -0.15) is 0 Å². The molecule has 1 saturated heterocycles. The molecule has 2 aliphatic carbocycles. The highest BCUT2D eigenvalue weighted by Gasteiger charge is 2.39. The molecule has 3 fully saturated rings. The molecule has 130 valence electrons. The van der Waals surface area contributed by atoms with E-state index >= 15 is 0 Å². The van der Waals surface area contributed by atoms with E-state index in [0.717, 1.165) is 17.8 Å². The van der Waals surface area contributed by atoms with Crippen LogP contribution in [0.1, 0.15) is 74.8 Å². The summed E-state index contributed by atoms with van der Waals surface area (Å²) in [5.41, 5.74) is 2.91. The molecule has 2 heteroatoms. The smallest absolute Gasteiger partial charge is 0.309 e. The average molecular weight is 326 g/mol. The molecule has 0 aromatic heterocycles. The summed E-state index contributed by atoms with van der Waals surface area (Å²) in [6.07, 6.45) is 11.8. The van der Waals surface area contributed by atoms with Crippen molar-refractivity contribution in [2.45, 2.75) is 76.7 Å². The Morgan fingerprint density at radius 2 is 1.29 bits per heavy atom. The number of benzene rings is 1. The Kier molecular flexibility index (Phi) is 4.65. The number of ether oxygens (including phenoxy) is 1. The lowest BCUT2D eigenvalue weighted by Crippen LogP contribution is -2.41. The zero-order valence-corrected chi connectivity index (χ0v) is 14.9. The second kappa shape index (κ2) is 6.90. The molecule has 0 N–H and O–H groups in total. The van der Waals surface area contributed by atoms with Gasteiger partial charge < -0.3 is 4.74 Å². The van der Waals surface area contributed by atoms with Crippen LogP contribution in [0.25, 0.3) is 0 Å². The molecule has 1 heterocycles. The number of esters is 1. The minimum Gasteiger partial charge on any atom is -0.461 e. The van der Waals surface area contributed by atoms with Crippen LogP contribution in [-0.4, -0.2) is 12.1 Å². The Labute approximate surface area is 146 Å². The van der Waals surface area contributed by atoms with Crippen molar-refractivity contribution in [1.82, 2.24) is 0 Å². The third-order valence-corrected chi connectivity index (χ3v) is 6.98. The summed E-state index contributed by atoms with van der Waals surface area (Å²) < 4.78 is 5.29. The average Bonchev–Trinajstić information content (AvgIpc) is 2.60. The maximum absolute atomic E-state index is 11.0. The second-order valence-corrected chi connectivity index (χ2v) is 8.43. The first-order valence-corrected chi connectivity index (χ1v) is 9.95. The van der Waals surface area contributed by atoms with Gasteiger partial charge in [0.05, 0.1) is 6.42 Å². The van der Waals surface area contributed by atoms with E-state index < -0.39 is 0 Å². The summed E-state index contributed by atoms with van der Waals surface area (Å²) in [7, 11) is 0. The monoisotopic (exact) mass is 326 g/mol. The summed E-state index contributed by atoms with van der Waals surface area (Å²) in [6, 6.07) is 9.20. The van der Waals surface area contributed by atoms with E-state index in [4.69, 9.17) is 4.74 Å². The molecule has 1 aliphatic heterocycles. The van der Waals surface area contributed by atoms with Crippen molar-refractivity contribution in [2.24, 2.45) is 17.8 Å². The van der Waals surface area contributed by atoms with Crippen LogP contribution < -0.4 is 0 Å². The van der Waals surface area contributed by atoms with Gasteiger partial charge in [0.25, 0.3) is 0 Å². The van der Waals surface area contributed by atoms with Crippen molar-refractivity contribution in [3.63, 3.8) is 0 Å². The predicted molar refractivity (Wildman–Crippen MR) is 95.8 cm³/mol. The quantitative estimate of drug-likeness (QED) is 0.696. The lowest BCUT2D eigenvalue weighted by Gasteiger charge is -2.41. The molecule has 1 unspecified atom stereocenters. The number of aryl methyl sites for hydroxylation is 1. The molecule has 0 radical (unpaired) electrons. The van der Waals surface area contributed by atoms with Crippen molar-refractivity contribution >= 4 is 5.97 Å². The largest absolute Gasteiger partial charge is 0.461 e. The number of hydrogen-bond donors (Lipinski definition) is 0. The molecule has 2 saturated carbocycles. The van der Waals surface area contributed by atoms with Gasteiger partial charge >= 0.3 is 5.97 Å². The topological polar surface area (TPSA) is 26.3 Å². The summed E-state index contributed by atoms with van der Waals surface area (Å²) in [5, 5.41) is 0. The molecule has 4 rings (SSSR count). The second-order valence-electron chi connectivity index (χ2n) is 8.43. The fraction of sp³-hybridized carbons (Fsp3) is 0.682. The highest BCUT2D eigenvalue weighted by atomic mass is 16.6. The number of carbonyl (C=O) groups excluding carboxylic acids is 1. The van der Waals surface area contributed by atoms with Gasteiger partial charge in [-0.25, -0.2) is 0 Å². The highest BCUT2D eigenvalue weighted by Crippen LogP contribution is 2.45. The number of cyclic esters (lactones) is 1. The Bertz CT molecular complexity index is 552. The van der Waals surface area contributed by atoms with Crippen molar-refractivity contribution < 1.29 is 9.53 Å². The van der Waals surface area contributed by atoms with Crippen LogP contribution in [0.3, 0.4) is 0 Å². The van der Waals surface area contributed by atoms with Crippen LogP contribution in [-0.2, 0) is 9.53 Å². The maximum Gasteiger partial charge on any atom is 0.309 e. The standard InChI is InChI=1S/C22H30O2/c1-15-2-4-16(5-3-15)17-6-8-18(9-7-17)19-10-12-20(13-11-19)21-14-22(23)24-21/h2-5,17-21H,6-14H2,1H3. The van der Waals surface area contributed by atoms with Crippen molar-refractivity contribution in [1.29, 1.82) is 0 Å². The molecule has 0 amide bonds. The third kappa shape index (κ3) is 3.38. The van der Waals surface area contributed by atoms with Crippen LogP contribution >= 0.6 is 0 Å². The zero-order valence-electron chi connectivity index (χ0n) is 14.9. The van der Waals surface area contributed by atoms with Gasteiger partial charge in [-0.3, -0.25) is 4.79 Å². The van der Waals surface area contributed by atoms with Crippen molar-refractivity contribution in [2.75, 3.05) is 0 Å². The lowest BCUT2D eigenvalue weighted by atomic mass is 9.67. The van der Waals surface area contributed by atoms with Gasteiger partial charge in [-0.1, -0.05) is 29.8 Å². The first-order valence-electron chi connectivity index (χ1n) is 9.95. The fourth-order valence-corrected chi connectivity index (χ4v) is 5.34. The molecule has 1 aromatic carbocycles. The molecule has 3 aliphatic rings. The summed E-state index contributed by atoms with van der Waals surface area (Å²) in [6.45, 7) is 2.17. The minimum atomic E-state index is 0.0107. The molecular weight excluding hydrogens is 296 g/mol. The predicted octanol–water partition coefficient (Wildman–Crippen LogP) is 5.39. The van der Waals surface area contributed by atoms with Gasteiger partial charge in [0.1, 0.15) is 6.10 Å². The molecule has 24 heavy (non-hydrogen) atoms. The fourth-order valence-electron chi connectivity index (χ4n) is 5.34. The van der Waals surface area contributed by atoms with E-state index in [1.807, 2.05) is 0 Å². The van der Waals surface area contributed by atoms with E-state index in [0.29, 0.717) is 12.3 Å². The Hall–Kier alpha value is -1.31.